The first-order valence-electron chi connectivity index (χ1n) is 6.53. The highest BCUT2D eigenvalue weighted by Crippen LogP contribution is 2.50. The van der Waals surface area contributed by atoms with Crippen LogP contribution in [0.5, 0.6) is 5.75 Å². The predicted octanol–water partition coefficient (Wildman–Crippen LogP) is 3.98. The van der Waals surface area contributed by atoms with Gasteiger partial charge in [-0.15, -0.1) is 0 Å². The summed E-state index contributed by atoms with van der Waals surface area (Å²) in [4.78, 5) is 11.7. The van der Waals surface area contributed by atoms with Crippen LogP contribution in [0.4, 0.5) is 0 Å². The number of methoxy groups -OCH3 is 1. The van der Waals surface area contributed by atoms with Crippen molar-refractivity contribution in [2.45, 2.75) is 44.4 Å². The normalized spacial score (nSPS) is 17.1. The van der Waals surface area contributed by atoms with E-state index >= 15 is 0 Å². The largest absolute Gasteiger partial charge is 0.495 e. The molecular weight excluding hydrogens is 264 g/mol. The molecule has 1 fully saturated rings. The average molecular weight is 283 g/mol. The minimum Gasteiger partial charge on any atom is -0.495 e. The molecule has 3 nitrogen and oxygen atoms in total. The Bertz CT molecular complexity index is 504. The zero-order valence-corrected chi connectivity index (χ0v) is 12.3. The lowest BCUT2D eigenvalue weighted by Gasteiger charge is -2.39. The molecule has 0 heterocycles. The summed E-state index contributed by atoms with van der Waals surface area (Å²) in [6, 6.07) is 3.81. The van der Waals surface area contributed by atoms with E-state index in [4.69, 9.17) is 16.3 Å². The second kappa shape index (κ2) is 5.04. The van der Waals surface area contributed by atoms with Crippen LogP contribution in [0, 0.1) is 0 Å². The van der Waals surface area contributed by atoms with Crippen molar-refractivity contribution in [3.05, 3.63) is 28.3 Å². The molecule has 1 N–H and O–H groups in total. The molecule has 1 aliphatic carbocycles. The van der Waals surface area contributed by atoms with Gasteiger partial charge in [0.25, 0.3) is 0 Å². The van der Waals surface area contributed by atoms with E-state index < -0.39 is 11.4 Å². The maximum absolute atomic E-state index is 11.7. The zero-order valence-electron chi connectivity index (χ0n) is 11.5. The molecular formula is C15H19ClO3. The Morgan fingerprint density at radius 3 is 2.42 bits per heavy atom. The zero-order chi connectivity index (χ0) is 14.2. The summed E-state index contributed by atoms with van der Waals surface area (Å²) in [6.07, 6.45) is 2.23. The first-order chi connectivity index (χ1) is 8.92. The third kappa shape index (κ3) is 2.20. The van der Waals surface area contributed by atoms with Gasteiger partial charge in [0.2, 0.25) is 0 Å². The van der Waals surface area contributed by atoms with Crippen LogP contribution in [0.2, 0.25) is 5.02 Å². The topological polar surface area (TPSA) is 46.5 Å². The van der Waals surface area contributed by atoms with Crippen LogP contribution in [-0.4, -0.2) is 18.2 Å². The van der Waals surface area contributed by atoms with Crippen LogP contribution in [0.25, 0.3) is 0 Å². The monoisotopic (exact) mass is 282 g/mol. The Morgan fingerprint density at radius 2 is 2.05 bits per heavy atom. The van der Waals surface area contributed by atoms with Crippen molar-refractivity contribution in [3.63, 3.8) is 0 Å². The Hall–Kier alpha value is -1.22. The number of rotatable bonds is 4. The number of carboxylic acid groups (broad SMARTS) is 1. The summed E-state index contributed by atoms with van der Waals surface area (Å²) in [5, 5.41) is 10.1. The van der Waals surface area contributed by atoms with Gasteiger partial charge < -0.3 is 9.84 Å². The Labute approximate surface area is 118 Å². The van der Waals surface area contributed by atoms with Crippen LogP contribution < -0.4 is 4.74 Å². The van der Waals surface area contributed by atoms with Crippen molar-refractivity contribution in [2.75, 3.05) is 7.11 Å². The van der Waals surface area contributed by atoms with Gasteiger partial charge in [-0.2, -0.15) is 0 Å². The number of aliphatic carboxylic acids is 1. The molecule has 1 aromatic carbocycles. The number of carboxylic acids is 1. The number of hydrogen-bond acceptors (Lipinski definition) is 2. The van der Waals surface area contributed by atoms with Crippen molar-refractivity contribution >= 4 is 17.6 Å². The van der Waals surface area contributed by atoms with Gasteiger partial charge in [-0.05, 0) is 30.4 Å². The maximum atomic E-state index is 11.7. The molecule has 0 radical (unpaired) electrons. The van der Waals surface area contributed by atoms with Gasteiger partial charge in [-0.1, -0.05) is 37.9 Å². The second-order valence-electron chi connectivity index (χ2n) is 5.48. The third-order valence-electron chi connectivity index (χ3n) is 4.07. The van der Waals surface area contributed by atoms with Crippen LogP contribution in [0.1, 0.15) is 50.2 Å². The lowest BCUT2D eigenvalue weighted by Crippen LogP contribution is -2.42. The van der Waals surface area contributed by atoms with Crippen LogP contribution >= 0.6 is 11.6 Å². The molecule has 1 aromatic rings. The fraction of sp³-hybridized carbons (Fsp3) is 0.533. The molecule has 0 aromatic heterocycles. The number of halogens is 1. The van der Waals surface area contributed by atoms with E-state index in [1.165, 1.54) is 7.11 Å². The van der Waals surface area contributed by atoms with E-state index in [0.717, 1.165) is 17.5 Å². The number of carbonyl (C=O) groups is 1. The molecule has 0 atom stereocenters. The molecule has 0 aliphatic heterocycles. The van der Waals surface area contributed by atoms with E-state index in [9.17, 15) is 9.90 Å². The van der Waals surface area contributed by atoms with Gasteiger partial charge in [-0.3, -0.25) is 4.79 Å². The van der Waals surface area contributed by atoms with E-state index in [2.05, 4.69) is 13.8 Å². The molecule has 104 valence electrons. The summed E-state index contributed by atoms with van der Waals surface area (Å²) in [5.41, 5.74) is 0.957. The van der Waals surface area contributed by atoms with Gasteiger partial charge in [0.1, 0.15) is 5.75 Å². The second-order valence-corrected chi connectivity index (χ2v) is 5.89. The molecule has 0 unspecified atom stereocenters. The summed E-state index contributed by atoms with van der Waals surface area (Å²) >= 11 is 6.25. The molecule has 19 heavy (non-hydrogen) atoms. The van der Waals surface area contributed by atoms with Crippen LogP contribution in [0.15, 0.2) is 12.1 Å². The van der Waals surface area contributed by atoms with Gasteiger partial charge >= 0.3 is 5.97 Å². The van der Waals surface area contributed by atoms with Gasteiger partial charge in [0, 0.05) is 5.56 Å². The number of ether oxygens (including phenoxy) is 1. The molecule has 0 bridgehead atoms. The SMILES string of the molecule is COc1c(Cl)cc(C(C)C)cc1C1(C(=O)O)CCC1. The predicted molar refractivity (Wildman–Crippen MR) is 75.3 cm³/mol. The summed E-state index contributed by atoms with van der Waals surface area (Å²) in [6.45, 7) is 4.13. The minimum atomic E-state index is -0.820. The smallest absolute Gasteiger partial charge is 0.314 e. The maximum Gasteiger partial charge on any atom is 0.314 e. The molecule has 4 heteroatoms. The van der Waals surface area contributed by atoms with Crippen molar-refractivity contribution in [1.82, 2.24) is 0 Å². The van der Waals surface area contributed by atoms with Crippen LogP contribution in [-0.2, 0) is 10.2 Å². The molecule has 2 rings (SSSR count). The quantitative estimate of drug-likeness (QED) is 0.909. The van der Waals surface area contributed by atoms with Crippen molar-refractivity contribution in [1.29, 1.82) is 0 Å². The molecule has 0 amide bonds. The highest BCUT2D eigenvalue weighted by Gasteiger charge is 2.48. The summed E-state index contributed by atoms with van der Waals surface area (Å²) in [5.74, 6) is 0.0234. The van der Waals surface area contributed by atoms with Gasteiger partial charge in [-0.25, -0.2) is 0 Å². The fourth-order valence-electron chi connectivity index (χ4n) is 2.64. The summed E-state index contributed by atoms with van der Waals surface area (Å²) < 4.78 is 5.35. The lowest BCUT2D eigenvalue weighted by molar-refractivity contribution is -0.147. The Balaban J connectivity index is 2.63. The fourth-order valence-corrected chi connectivity index (χ4v) is 2.94. The highest BCUT2D eigenvalue weighted by atomic mass is 35.5. The number of benzene rings is 1. The van der Waals surface area contributed by atoms with Crippen molar-refractivity contribution < 1.29 is 14.6 Å². The Kier molecular flexibility index (Phi) is 3.77. The number of hydrogen-bond donors (Lipinski definition) is 1. The van der Waals surface area contributed by atoms with E-state index in [1.807, 2.05) is 12.1 Å². The highest BCUT2D eigenvalue weighted by molar-refractivity contribution is 6.32. The minimum absolute atomic E-state index is 0.299. The average Bonchev–Trinajstić information content (AvgIpc) is 2.26. The molecule has 1 aliphatic rings. The van der Waals surface area contributed by atoms with Crippen molar-refractivity contribution in [2.24, 2.45) is 0 Å². The van der Waals surface area contributed by atoms with E-state index in [-0.39, 0.29) is 0 Å². The molecule has 0 spiro atoms. The van der Waals surface area contributed by atoms with Crippen LogP contribution in [0.3, 0.4) is 0 Å². The van der Waals surface area contributed by atoms with E-state index in [0.29, 0.717) is 29.5 Å². The molecule has 1 saturated carbocycles. The Morgan fingerprint density at radius 1 is 1.42 bits per heavy atom. The molecule has 0 saturated heterocycles. The van der Waals surface area contributed by atoms with Gasteiger partial charge in [0.05, 0.1) is 17.5 Å². The van der Waals surface area contributed by atoms with Crippen molar-refractivity contribution in [3.8, 4) is 5.75 Å². The standard InChI is InChI=1S/C15H19ClO3/c1-9(2)10-7-11(13(19-3)12(16)8-10)15(14(17)18)5-4-6-15/h7-9H,4-6H2,1-3H3,(H,17,18). The lowest BCUT2D eigenvalue weighted by atomic mass is 9.64. The third-order valence-corrected chi connectivity index (χ3v) is 4.35. The summed E-state index contributed by atoms with van der Waals surface area (Å²) in [7, 11) is 1.54. The first kappa shape index (κ1) is 14.2. The van der Waals surface area contributed by atoms with Gasteiger partial charge in [0.15, 0.2) is 0 Å². The first-order valence-corrected chi connectivity index (χ1v) is 6.91. The van der Waals surface area contributed by atoms with E-state index in [1.54, 1.807) is 0 Å².